The van der Waals surface area contributed by atoms with Crippen LogP contribution in [0.3, 0.4) is 0 Å². The molecule has 0 aliphatic carbocycles. The molecule has 2 aromatic carbocycles. The molecular formula is C16H19NO. The highest BCUT2D eigenvalue weighted by Crippen LogP contribution is 2.29. The van der Waals surface area contributed by atoms with E-state index in [4.69, 9.17) is 10.7 Å². The molecule has 2 rings (SSSR count). The Bertz CT molecular complexity index is 546. The number of benzene rings is 2. The van der Waals surface area contributed by atoms with Crippen LogP contribution in [-0.2, 0) is 10.4 Å². The van der Waals surface area contributed by atoms with E-state index in [0.717, 1.165) is 5.56 Å². The highest BCUT2D eigenvalue weighted by atomic mass is 16.6. The van der Waals surface area contributed by atoms with Gasteiger partial charge in [-0.2, -0.15) is 0 Å². The average Bonchev–Trinajstić information content (AvgIpc) is 2.39. The lowest BCUT2D eigenvalue weighted by molar-refractivity contribution is -0.0235. The molecule has 0 amide bonds. The van der Waals surface area contributed by atoms with E-state index in [-0.39, 0.29) is 0 Å². The first-order chi connectivity index (χ1) is 8.54. The van der Waals surface area contributed by atoms with Gasteiger partial charge in [0.15, 0.2) is 0 Å². The Morgan fingerprint density at radius 2 is 1.72 bits per heavy atom. The molecule has 2 aromatic rings. The third kappa shape index (κ3) is 2.45. The summed E-state index contributed by atoms with van der Waals surface area (Å²) in [7, 11) is 0. The molecule has 0 unspecified atom stereocenters. The fourth-order valence-electron chi connectivity index (χ4n) is 2.03. The Kier molecular flexibility index (Phi) is 3.50. The van der Waals surface area contributed by atoms with Crippen LogP contribution in [0, 0.1) is 6.92 Å². The van der Waals surface area contributed by atoms with Crippen molar-refractivity contribution in [3.05, 3.63) is 59.7 Å². The van der Waals surface area contributed by atoms with Crippen molar-refractivity contribution < 1.29 is 4.84 Å². The Morgan fingerprint density at radius 3 is 2.39 bits per heavy atom. The van der Waals surface area contributed by atoms with Crippen LogP contribution >= 0.6 is 0 Å². The van der Waals surface area contributed by atoms with Crippen molar-refractivity contribution in [3.8, 4) is 11.1 Å². The molecule has 18 heavy (non-hydrogen) atoms. The topological polar surface area (TPSA) is 35.2 Å². The highest BCUT2D eigenvalue weighted by Gasteiger charge is 2.20. The molecule has 0 spiro atoms. The van der Waals surface area contributed by atoms with Crippen molar-refractivity contribution in [1.29, 1.82) is 0 Å². The molecule has 0 saturated carbocycles. The van der Waals surface area contributed by atoms with Gasteiger partial charge in [0, 0.05) is 0 Å². The zero-order valence-corrected chi connectivity index (χ0v) is 11.1. The van der Waals surface area contributed by atoms with Gasteiger partial charge in [-0.05, 0) is 49.1 Å². The molecule has 0 saturated heterocycles. The Labute approximate surface area is 108 Å². The summed E-state index contributed by atoms with van der Waals surface area (Å²) in [5.41, 5.74) is 4.30. The van der Waals surface area contributed by atoms with Crippen LogP contribution in [0.25, 0.3) is 11.1 Å². The van der Waals surface area contributed by atoms with Crippen LogP contribution < -0.4 is 5.90 Å². The van der Waals surface area contributed by atoms with Gasteiger partial charge in [-0.15, -0.1) is 0 Å². The third-order valence-electron chi connectivity index (χ3n) is 3.31. The maximum Gasteiger partial charge on any atom is 0.109 e. The summed E-state index contributed by atoms with van der Waals surface area (Å²) in [6.45, 7) is 6.04. The highest BCUT2D eigenvalue weighted by molar-refractivity contribution is 5.67. The van der Waals surface area contributed by atoms with Gasteiger partial charge in [-0.3, -0.25) is 4.84 Å². The van der Waals surface area contributed by atoms with Crippen LogP contribution in [0.5, 0.6) is 0 Å². The molecule has 0 aromatic heterocycles. The number of hydrogen-bond acceptors (Lipinski definition) is 2. The number of hydrogen-bond donors (Lipinski definition) is 1. The van der Waals surface area contributed by atoms with E-state index in [9.17, 15) is 0 Å². The molecule has 0 fully saturated rings. The van der Waals surface area contributed by atoms with E-state index in [1.165, 1.54) is 16.7 Å². The smallest absolute Gasteiger partial charge is 0.109 e. The lowest BCUT2D eigenvalue weighted by Gasteiger charge is -2.23. The van der Waals surface area contributed by atoms with Gasteiger partial charge >= 0.3 is 0 Å². The molecule has 94 valence electrons. The first kappa shape index (κ1) is 12.8. The third-order valence-corrected chi connectivity index (χ3v) is 3.31. The minimum absolute atomic E-state index is 0.474. The summed E-state index contributed by atoms with van der Waals surface area (Å²) in [6.07, 6.45) is 0. The molecule has 2 N–H and O–H groups in total. The molecule has 0 aliphatic heterocycles. The van der Waals surface area contributed by atoms with Gasteiger partial charge in [-0.1, -0.05) is 42.5 Å². The van der Waals surface area contributed by atoms with E-state index >= 15 is 0 Å². The lowest BCUT2D eigenvalue weighted by Crippen LogP contribution is -2.25. The first-order valence-corrected chi connectivity index (χ1v) is 6.09. The Hall–Kier alpha value is -1.64. The van der Waals surface area contributed by atoms with Gasteiger partial charge in [0.05, 0.1) is 0 Å². The minimum atomic E-state index is -0.474. The van der Waals surface area contributed by atoms with Gasteiger partial charge in [0.25, 0.3) is 0 Å². The maximum absolute atomic E-state index is 5.36. The van der Waals surface area contributed by atoms with Gasteiger partial charge < -0.3 is 0 Å². The van der Waals surface area contributed by atoms with Crippen molar-refractivity contribution in [2.75, 3.05) is 0 Å². The summed E-state index contributed by atoms with van der Waals surface area (Å²) < 4.78 is 0. The summed E-state index contributed by atoms with van der Waals surface area (Å²) >= 11 is 0. The predicted molar refractivity (Wildman–Crippen MR) is 74.9 cm³/mol. The molecule has 0 bridgehead atoms. The SMILES string of the molecule is Cc1ccccc1-c1cccc(C(C)(C)ON)c1. The molecule has 0 heterocycles. The van der Waals surface area contributed by atoms with E-state index in [2.05, 4.69) is 43.3 Å². The van der Waals surface area contributed by atoms with Crippen LogP contribution in [0.4, 0.5) is 0 Å². The summed E-state index contributed by atoms with van der Waals surface area (Å²) in [5, 5.41) is 0. The van der Waals surface area contributed by atoms with Crippen molar-refractivity contribution >= 4 is 0 Å². The Balaban J connectivity index is 2.49. The minimum Gasteiger partial charge on any atom is -0.294 e. The monoisotopic (exact) mass is 241 g/mol. The van der Waals surface area contributed by atoms with E-state index in [1.807, 2.05) is 26.0 Å². The quantitative estimate of drug-likeness (QED) is 0.830. The standard InChI is InChI=1S/C16H19NO/c1-12-7-4-5-10-15(12)13-8-6-9-14(11-13)16(2,3)18-17/h4-11H,17H2,1-3H3. The van der Waals surface area contributed by atoms with Crippen LogP contribution in [0.1, 0.15) is 25.0 Å². The Morgan fingerprint density at radius 1 is 1.00 bits per heavy atom. The van der Waals surface area contributed by atoms with Crippen LogP contribution in [0.2, 0.25) is 0 Å². The zero-order chi connectivity index (χ0) is 13.2. The van der Waals surface area contributed by atoms with Gasteiger partial charge in [0.1, 0.15) is 5.60 Å². The first-order valence-electron chi connectivity index (χ1n) is 6.09. The van der Waals surface area contributed by atoms with Gasteiger partial charge in [-0.25, -0.2) is 5.90 Å². The molecule has 2 nitrogen and oxygen atoms in total. The number of aryl methyl sites for hydroxylation is 1. The van der Waals surface area contributed by atoms with Crippen LogP contribution in [0.15, 0.2) is 48.5 Å². The number of nitrogens with two attached hydrogens (primary N) is 1. The van der Waals surface area contributed by atoms with Crippen molar-refractivity contribution in [2.45, 2.75) is 26.4 Å². The van der Waals surface area contributed by atoms with Crippen LogP contribution in [-0.4, -0.2) is 0 Å². The van der Waals surface area contributed by atoms with E-state index < -0.39 is 5.60 Å². The molecular weight excluding hydrogens is 222 g/mol. The van der Waals surface area contributed by atoms with Crippen molar-refractivity contribution in [1.82, 2.24) is 0 Å². The van der Waals surface area contributed by atoms with Gasteiger partial charge in [0.2, 0.25) is 0 Å². The fraction of sp³-hybridized carbons (Fsp3) is 0.250. The fourth-order valence-corrected chi connectivity index (χ4v) is 2.03. The maximum atomic E-state index is 5.36. The second-order valence-electron chi connectivity index (χ2n) is 5.02. The predicted octanol–water partition coefficient (Wildman–Crippen LogP) is 3.79. The summed E-state index contributed by atoms with van der Waals surface area (Å²) in [4.78, 5) is 5.04. The molecule has 0 aliphatic rings. The van der Waals surface area contributed by atoms with E-state index in [0.29, 0.717) is 0 Å². The number of rotatable bonds is 3. The molecule has 0 radical (unpaired) electrons. The normalized spacial score (nSPS) is 11.6. The second-order valence-corrected chi connectivity index (χ2v) is 5.02. The largest absolute Gasteiger partial charge is 0.294 e. The lowest BCUT2D eigenvalue weighted by atomic mass is 9.93. The molecule has 2 heteroatoms. The zero-order valence-electron chi connectivity index (χ0n) is 11.1. The summed E-state index contributed by atoms with van der Waals surface area (Å²) in [6, 6.07) is 16.7. The second kappa shape index (κ2) is 4.92. The molecule has 0 atom stereocenters. The van der Waals surface area contributed by atoms with Crippen molar-refractivity contribution in [3.63, 3.8) is 0 Å². The average molecular weight is 241 g/mol. The van der Waals surface area contributed by atoms with Crippen molar-refractivity contribution in [2.24, 2.45) is 5.90 Å². The van der Waals surface area contributed by atoms with E-state index in [1.54, 1.807) is 0 Å². The summed E-state index contributed by atoms with van der Waals surface area (Å²) in [5.74, 6) is 5.36.